The predicted molar refractivity (Wildman–Crippen MR) is 115 cm³/mol. The number of fused-ring (bicyclic) bond motifs is 1. The van der Waals surface area contributed by atoms with Gasteiger partial charge in [0.2, 0.25) is 11.8 Å². The van der Waals surface area contributed by atoms with Gasteiger partial charge in [-0.1, -0.05) is 18.9 Å². The molecular weight excluding hydrogens is 424 g/mol. The zero-order valence-corrected chi connectivity index (χ0v) is 17.8. The average Bonchev–Trinajstić information content (AvgIpc) is 3.02. The molecule has 2 N–H and O–H groups in total. The number of rotatable bonds is 4. The van der Waals surface area contributed by atoms with Crippen molar-refractivity contribution in [1.82, 2.24) is 9.88 Å². The molecule has 1 aromatic carbocycles. The number of hydrogen-bond acceptors (Lipinski definition) is 6. The Balaban J connectivity index is 1.53. The molecule has 0 spiro atoms. The van der Waals surface area contributed by atoms with Gasteiger partial charge in [-0.25, -0.2) is 13.4 Å². The molecule has 1 atom stereocenters. The molecule has 2 aliphatic rings. The van der Waals surface area contributed by atoms with Crippen LogP contribution in [0.3, 0.4) is 0 Å². The first-order valence-electron chi connectivity index (χ1n) is 9.78. The molecule has 3 heterocycles. The lowest BCUT2D eigenvalue weighted by Crippen LogP contribution is -2.45. The van der Waals surface area contributed by atoms with Crippen LogP contribution in [-0.4, -0.2) is 48.5 Å². The Morgan fingerprint density at radius 3 is 2.60 bits per heavy atom. The van der Waals surface area contributed by atoms with E-state index in [-0.39, 0.29) is 16.6 Å². The van der Waals surface area contributed by atoms with Crippen LogP contribution in [0.2, 0.25) is 0 Å². The van der Waals surface area contributed by atoms with Crippen LogP contribution in [0, 0.1) is 0 Å². The van der Waals surface area contributed by atoms with Gasteiger partial charge in [-0.3, -0.25) is 14.3 Å². The van der Waals surface area contributed by atoms with Crippen molar-refractivity contribution in [2.24, 2.45) is 0 Å². The molecule has 1 fully saturated rings. The molecule has 0 bridgehead atoms. The van der Waals surface area contributed by atoms with E-state index >= 15 is 0 Å². The Hall–Kier alpha value is -2.59. The quantitative estimate of drug-likeness (QED) is 0.699. The van der Waals surface area contributed by atoms with E-state index in [1.54, 1.807) is 29.2 Å². The van der Waals surface area contributed by atoms with Crippen LogP contribution >= 0.6 is 11.8 Å². The van der Waals surface area contributed by atoms with Gasteiger partial charge in [-0.2, -0.15) is 0 Å². The molecule has 0 aliphatic carbocycles. The lowest BCUT2D eigenvalue weighted by molar-refractivity contribution is -0.133. The van der Waals surface area contributed by atoms with E-state index in [0.717, 1.165) is 25.7 Å². The first-order valence-corrected chi connectivity index (χ1v) is 12.1. The van der Waals surface area contributed by atoms with Gasteiger partial charge >= 0.3 is 0 Å². The van der Waals surface area contributed by atoms with Crippen molar-refractivity contribution in [3.63, 3.8) is 0 Å². The molecule has 30 heavy (non-hydrogen) atoms. The number of carbonyl (C=O) groups excluding carboxylic acids is 2. The second-order valence-corrected chi connectivity index (χ2v) is 10.0. The van der Waals surface area contributed by atoms with Gasteiger partial charge in [0.15, 0.2) is 5.25 Å². The number of sulfonamides is 1. The standard InChI is InChI=1S/C20H22N4O4S2/c25-19-18(20(26)24-11-5-1-2-6-12-24)29-16-9-8-14(13-15(16)22-19)30(27,28)23-17-7-3-4-10-21-17/h3-4,7-10,13,18H,1-2,5-6,11-12H2,(H,21,23)(H,22,25). The maximum atomic E-state index is 12.9. The van der Waals surface area contributed by atoms with E-state index < -0.39 is 21.2 Å². The maximum Gasteiger partial charge on any atom is 0.263 e. The van der Waals surface area contributed by atoms with Crippen LogP contribution in [0.25, 0.3) is 0 Å². The monoisotopic (exact) mass is 446 g/mol. The maximum absolute atomic E-state index is 12.9. The SMILES string of the molecule is O=C1Nc2cc(S(=O)(=O)Nc3ccccn3)ccc2SC1C(=O)N1CCCCCC1. The molecule has 0 radical (unpaired) electrons. The largest absolute Gasteiger partial charge is 0.341 e. The van der Waals surface area contributed by atoms with Crippen molar-refractivity contribution in [1.29, 1.82) is 0 Å². The van der Waals surface area contributed by atoms with Gasteiger partial charge in [0.05, 0.1) is 10.6 Å². The molecule has 0 saturated carbocycles. The number of carbonyl (C=O) groups is 2. The predicted octanol–water partition coefficient (Wildman–Crippen LogP) is 2.70. The van der Waals surface area contributed by atoms with E-state index in [2.05, 4.69) is 15.0 Å². The molecule has 2 aromatic rings. The highest BCUT2D eigenvalue weighted by Crippen LogP contribution is 2.38. The summed E-state index contributed by atoms with van der Waals surface area (Å²) < 4.78 is 27.7. The summed E-state index contributed by atoms with van der Waals surface area (Å²) in [6, 6.07) is 9.39. The number of benzene rings is 1. The van der Waals surface area contributed by atoms with Gasteiger partial charge in [-0.15, -0.1) is 11.8 Å². The first kappa shape index (κ1) is 20.7. The Morgan fingerprint density at radius 1 is 1.13 bits per heavy atom. The number of anilines is 2. The van der Waals surface area contributed by atoms with Crippen molar-refractivity contribution in [2.75, 3.05) is 23.1 Å². The smallest absolute Gasteiger partial charge is 0.263 e. The summed E-state index contributed by atoms with van der Waals surface area (Å²) in [7, 11) is -3.86. The van der Waals surface area contributed by atoms with E-state index in [9.17, 15) is 18.0 Å². The van der Waals surface area contributed by atoms with Gasteiger partial charge in [0.1, 0.15) is 5.82 Å². The highest BCUT2D eigenvalue weighted by molar-refractivity contribution is 8.01. The van der Waals surface area contributed by atoms with Crippen LogP contribution in [0.5, 0.6) is 0 Å². The molecule has 10 heteroatoms. The van der Waals surface area contributed by atoms with Crippen molar-refractivity contribution < 1.29 is 18.0 Å². The van der Waals surface area contributed by atoms with Gasteiger partial charge in [0, 0.05) is 24.2 Å². The van der Waals surface area contributed by atoms with Gasteiger partial charge in [0.25, 0.3) is 10.0 Å². The molecule has 1 aromatic heterocycles. The molecule has 2 amide bonds. The molecular formula is C20H22N4O4S2. The van der Waals surface area contributed by atoms with E-state index in [1.165, 1.54) is 30.1 Å². The van der Waals surface area contributed by atoms with Crippen LogP contribution in [-0.2, 0) is 19.6 Å². The lowest BCUT2D eigenvalue weighted by atomic mass is 10.2. The highest BCUT2D eigenvalue weighted by atomic mass is 32.2. The number of thioether (sulfide) groups is 1. The van der Waals surface area contributed by atoms with E-state index in [4.69, 9.17) is 0 Å². The summed E-state index contributed by atoms with van der Waals surface area (Å²) in [5.41, 5.74) is 0.383. The summed E-state index contributed by atoms with van der Waals surface area (Å²) in [4.78, 5) is 31.9. The summed E-state index contributed by atoms with van der Waals surface area (Å²) in [5.74, 6) is -0.399. The van der Waals surface area contributed by atoms with E-state index in [0.29, 0.717) is 23.7 Å². The first-order chi connectivity index (χ1) is 14.4. The van der Waals surface area contributed by atoms with E-state index in [1.807, 2.05) is 0 Å². The van der Waals surface area contributed by atoms with Crippen LogP contribution < -0.4 is 10.0 Å². The Morgan fingerprint density at radius 2 is 1.90 bits per heavy atom. The fourth-order valence-electron chi connectivity index (χ4n) is 3.49. The topological polar surface area (TPSA) is 108 Å². The van der Waals surface area contributed by atoms with Crippen molar-refractivity contribution >= 4 is 45.1 Å². The number of nitrogens with one attached hydrogen (secondary N) is 2. The van der Waals surface area contributed by atoms with Crippen molar-refractivity contribution in [3.05, 3.63) is 42.6 Å². The highest BCUT2D eigenvalue weighted by Gasteiger charge is 2.36. The zero-order chi connectivity index (χ0) is 21.1. The number of hydrogen-bond donors (Lipinski definition) is 2. The average molecular weight is 447 g/mol. The minimum absolute atomic E-state index is 0.00472. The number of nitrogens with zero attached hydrogens (tertiary/aromatic N) is 2. The third-order valence-corrected chi connectivity index (χ3v) is 7.66. The third-order valence-electron chi connectivity index (χ3n) is 5.05. The number of aromatic nitrogens is 1. The summed E-state index contributed by atoms with van der Waals surface area (Å²) >= 11 is 1.17. The Bertz CT molecular complexity index is 1050. The summed E-state index contributed by atoms with van der Waals surface area (Å²) in [6.45, 7) is 1.35. The molecule has 2 aliphatic heterocycles. The minimum atomic E-state index is -3.86. The molecule has 158 valence electrons. The summed E-state index contributed by atoms with van der Waals surface area (Å²) in [6.07, 6.45) is 5.58. The number of pyridine rings is 1. The lowest BCUT2D eigenvalue weighted by Gasteiger charge is -2.28. The molecule has 1 saturated heterocycles. The molecule has 1 unspecified atom stereocenters. The fraction of sp³-hybridized carbons (Fsp3) is 0.350. The molecule has 4 rings (SSSR count). The second-order valence-electron chi connectivity index (χ2n) is 7.21. The third kappa shape index (κ3) is 4.44. The van der Waals surface area contributed by atoms with Crippen LogP contribution in [0.1, 0.15) is 25.7 Å². The zero-order valence-electron chi connectivity index (χ0n) is 16.2. The van der Waals surface area contributed by atoms with Crippen molar-refractivity contribution in [2.45, 2.75) is 40.7 Å². The Kier molecular flexibility index (Phi) is 5.96. The van der Waals surface area contributed by atoms with Gasteiger partial charge in [-0.05, 0) is 43.2 Å². The Labute approximate surface area is 179 Å². The number of likely N-dealkylation sites (tertiary alicyclic amines) is 1. The van der Waals surface area contributed by atoms with Crippen LogP contribution in [0.15, 0.2) is 52.4 Å². The second kappa shape index (κ2) is 8.65. The van der Waals surface area contributed by atoms with Gasteiger partial charge < -0.3 is 10.2 Å². The van der Waals surface area contributed by atoms with Crippen LogP contribution in [0.4, 0.5) is 11.5 Å². The summed E-state index contributed by atoms with van der Waals surface area (Å²) in [5, 5.41) is 1.85. The number of amides is 2. The van der Waals surface area contributed by atoms with Crippen molar-refractivity contribution in [3.8, 4) is 0 Å². The minimum Gasteiger partial charge on any atom is -0.341 e. The molecule has 8 nitrogen and oxygen atoms in total. The fourth-order valence-corrected chi connectivity index (χ4v) is 5.58. The normalized spacial score (nSPS) is 19.4.